The molecule has 88 valence electrons. The molecule has 0 saturated heterocycles. The number of nitrogens with zero attached hydrogens (tertiary/aromatic N) is 1. The van der Waals surface area contributed by atoms with Gasteiger partial charge in [-0.05, 0) is 37.0 Å². The highest BCUT2D eigenvalue weighted by Crippen LogP contribution is 2.29. The summed E-state index contributed by atoms with van der Waals surface area (Å²) in [4.78, 5) is 2.03. The van der Waals surface area contributed by atoms with Crippen molar-refractivity contribution in [3.8, 4) is 0 Å². The van der Waals surface area contributed by atoms with Gasteiger partial charge < -0.3 is 10.2 Å². The van der Waals surface area contributed by atoms with Crippen molar-refractivity contribution in [1.29, 1.82) is 0 Å². The zero-order chi connectivity index (χ0) is 11.5. The minimum atomic E-state index is 0.809. The largest absolute Gasteiger partial charge is 0.385 e. The minimum absolute atomic E-state index is 0.809. The number of hydrogen-bond acceptors (Lipinski definition) is 2. The smallest absolute Gasteiger partial charge is 0.0659 e. The lowest BCUT2D eigenvalue weighted by atomic mass is 9.85. The van der Waals surface area contributed by atoms with E-state index >= 15 is 0 Å². The van der Waals surface area contributed by atoms with E-state index in [1.807, 2.05) is 25.1 Å². The number of rotatable bonds is 4. The summed E-state index contributed by atoms with van der Waals surface area (Å²) in [7, 11) is 4.01. The third-order valence-electron chi connectivity index (χ3n) is 3.25. The van der Waals surface area contributed by atoms with Crippen LogP contribution in [0.4, 0.5) is 11.4 Å². The van der Waals surface area contributed by atoms with Crippen LogP contribution < -0.4 is 10.2 Å². The average molecular weight is 239 g/mol. The van der Waals surface area contributed by atoms with E-state index in [9.17, 15) is 0 Å². The van der Waals surface area contributed by atoms with Gasteiger partial charge in [-0.3, -0.25) is 0 Å². The predicted octanol–water partition coefficient (Wildman–Crippen LogP) is 3.62. The second-order valence-electron chi connectivity index (χ2n) is 4.74. The van der Waals surface area contributed by atoms with E-state index in [2.05, 4.69) is 17.4 Å². The molecule has 0 aliphatic heterocycles. The fourth-order valence-corrected chi connectivity index (χ4v) is 2.29. The molecule has 1 aliphatic rings. The van der Waals surface area contributed by atoms with E-state index in [1.54, 1.807) is 0 Å². The number of hydrogen-bond donors (Lipinski definition) is 1. The zero-order valence-corrected chi connectivity index (χ0v) is 10.7. The van der Waals surface area contributed by atoms with Gasteiger partial charge in [-0.2, -0.15) is 0 Å². The van der Waals surface area contributed by atoms with Crippen molar-refractivity contribution in [2.24, 2.45) is 5.92 Å². The SMILES string of the molecule is CN(C)c1ccc(NCC2CCC2)cc1Cl. The normalized spacial score (nSPS) is 15.7. The summed E-state index contributed by atoms with van der Waals surface area (Å²) in [6.07, 6.45) is 4.14. The molecule has 0 unspecified atom stereocenters. The summed E-state index contributed by atoms with van der Waals surface area (Å²) in [5, 5.41) is 4.26. The molecule has 0 radical (unpaired) electrons. The predicted molar refractivity (Wildman–Crippen MR) is 71.6 cm³/mol. The van der Waals surface area contributed by atoms with Gasteiger partial charge in [0.05, 0.1) is 10.7 Å². The molecule has 0 aromatic heterocycles. The lowest BCUT2D eigenvalue weighted by Gasteiger charge is -2.26. The molecule has 0 amide bonds. The van der Waals surface area contributed by atoms with E-state index in [-0.39, 0.29) is 0 Å². The van der Waals surface area contributed by atoms with Gasteiger partial charge in [0.15, 0.2) is 0 Å². The van der Waals surface area contributed by atoms with E-state index in [1.165, 1.54) is 19.3 Å². The first kappa shape index (κ1) is 11.6. The van der Waals surface area contributed by atoms with E-state index in [4.69, 9.17) is 11.6 Å². The number of halogens is 1. The number of benzene rings is 1. The molecule has 0 atom stereocenters. The number of anilines is 2. The molecule has 1 aliphatic carbocycles. The Bertz CT molecular complexity index is 359. The molecule has 0 spiro atoms. The first-order chi connectivity index (χ1) is 7.66. The Morgan fingerprint density at radius 2 is 2.12 bits per heavy atom. The summed E-state index contributed by atoms with van der Waals surface area (Å²) in [5.74, 6) is 0.868. The van der Waals surface area contributed by atoms with Crippen molar-refractivity contribution < 1.29 is 0 Å². The van der Waals surface area contributed by atoms with Crippen molar-refractivity contribution >= 4 is 23.0 Å². The first-order valence-electron chi connectivity index (χ1n) is 5.87. The Morgan fingerprint density at radius 3 is 2.62 bits per heavy atom. The molecular weight excluding hydrogens is 220 g/mol. The number of nitrogens with one attached hydrogen (secondary N) is 1. The lowest BCUT2D eigenvalue weighted by molar-refractivity contribution is 0.333. The zero-order valence-electron chi connectivity index (χ0n) is 9.96. The van der Waals surface area contributed by atoms with Crippen LogP contribution in [-0.4, -0.2) is 20.6 Å². The molecule has 1 N–H and O–H groups in total. The van der Waals surface area contributed by atoms with Gasteiger partial charge >= 0.3 is 0 Å². The van der Waals surface area contributed by atoms with Crippen molar-refractivity contribution in [3.05, 3.63) is 23.2 Å². The topological polar surface area (TPSA) is 15.3 Å². The maximum absolute atomic E-state index is 6.21. The van der Waals surface area contributed by atoms with Crippen LogP contribution in [0.2, 0.25) is 5.02 Å². The van der Waals surface area contributed by atoms with Crippen LogP contribution in [0, 0.1) is 5.92 Å². The van der Waals surface area contributed by atoms with Crippen molar-refractivity contribution in [2.45, 2.75) is 19.3 Å². The summed E-state index contributed by atoms with van der Waals surface area (Å²) in [5.41, 5.74) is 2.19. The molecule has 3 heteroatoms. The summed E-state index contributed by atoms with van der Waals surface area (Å²) >= 11 is 6.21. The maximum atomic E-state index is 6.21. The van der Waals surface area contributed by atoms with Crippen molar-refractivity contribution in [1.82, 2.24) is 0 Å². The standard InChI is InChI=1S/C13H19ClN2/c1-16(2)13-7-6-11(8-12(13)14)15-9-10-4-3-5-10/h6-8,10,15H,3-5,9H2,1-2H3. The Kier molecular flexibility index (Phi) is 3.59. The van der Waals surface area contributed by atoms with Gasteiger partial charge in [0, 0.05) is 26.3 Å². The quantitative estimate of drug-likeness (QED) is 0.862. The molecular formula is C13H19ClN2. The van der Waals surface area contributed by atoms with E-state index in [0.29, 0.717) is 0 Å². The molecule has 0 heterocycles. The Hall–Kier alpha value is -0.890. The Labute approximate surface area is 103 Å². The molecule has 1 saturated carbocycles. The van der Waals surface area contributed by atoms with Crippen LogP contribution in [0.1, 0.15) is 19.3 Å². The van der Waals surface area contributed by atoms with Crippen molar-refractivity contribution in [3.63, 3.8) is 0 Å². The average Bonchev–Trinajstić information content (AvgIpc) is 2.14. The van der Waals surface area contributed by atoms with E-state index < -0.39 is 0 Å². The van der Waals surface area contributed by atoms with Gasteiger partial charge in [0.25, 0.3) is 0 Å². The van der Waals surface area contributed by atoms with Crippen LogP contribution in [-0.2, 0) is 0 Å². The van der Waals surface area contributed by atoms with Gasteiger partial charge in [-0.15, -0.1) is 0 Å². The Balaban J connectivity index is 1.97. The van der Waals surface area contributed by atoms with Crippen LogP contribution in [0.3, 0.4) is 0 Å². The third-order valence-corrected chi connectivity index (χ3v) is 3.55. The van der Waals surface area contributed by atoms with Crippen LogP contribution in [0.25, 0.3) is 0 Å². The Morgan fingerprint density at radius 1 is 1.38 bits per heavy atom. The van der Waals surface area contributed by atoms with E-state index in [0.717, 1.165) is 28.9 Å². The van der Waals surface area contributed by atoms with Gasteiger partial charge in [0.1, 0.15) is 0 Å². The highest BCUT2D eigenvalue weighted by molar-refractivity contribution is 6.33. The maximum Gasteiger partial charge on any atom is 0.0659 e. The van der Waals surface area contributed by atoms with Crippen LogP contribution >= 0.6 is 11.6 Å². The van der Waals surface area contributed by atoms with Crippen molar-refractivity contribution in [2.75, 3.05) is 30.9 Å². The molecule has 1 fully saturated rings. The molecule has 2 nitrogen and oxygen atoms in total. The highest BCUT2D eigenvalue weighted by atomic mass is 35.5. The molecule has 1 aromatic carbocycles. The first-order valence-corrected chi connectivity index (χ1v) is 6.25. The molecule has 1 aromatic rings. The monoisotopic (exact) mass is 238 g/mol. The summed E-state index contributed by atoms with van der Waals surface area (Å²) in [6, 6.07) is 6.17. The van der Waals surface area contributed by atoms with Crippen LogP contribution in [0.5, 0.6) is 0 Å². The second-order valence-corrected chi connectivity index (χ2v) is 5.15. The molecule has 2 rings (SSSR count). The van der Waals surface area contributed by atoms with Crippen LogP contribution in [0.15, 0.2) is 18.2 Å². The summed E-state index contributed by atoms with van der Waals surface area (Å²) < 4.78 is 0. The fraction of sp³-hybridized carbons (Fsp3) is 0.538. The fourth-order valence-electron chi connectivity index (χ4n) is 1.94. The van der Waals surface area contributed by atoms with Gasteiger partial charge in [-0.25, -0.2) is 0 Å². The summed E-state index contributed by atoms with van der Waals surface area (Å²) in [6.45, 7) is 1.08. The minimum Gasteiger partial charge on any atom is -0.385 e. The molecule has 16 heavy (non-hydrogen) atoms. The highest BCUT2D eigenvalue weighted by Gasteiger charge is 2.16. The van der Waals surface area contributed by atoms with Gasteiger partial charge in [0.2, 0.25) is 0 Å². The third kappa shape index (κ3) is 2.62. The second kappa shape index (κ2) is 4.96. The lowest BCUT2D eigenvalue weighted by Crippen LogP contribution is -2.20. The van der Waals surface area contributed by atoms with Gasteiger partial charge in [-0.1, -0.05) is 18.0 Å². The molecule has 0 bridgehead atoms.